The number of nitrogens with one attached hydrogen (secondary N) is 1. The molecule has 0 aliphatic carbocycles. The van der Waals surface area contributed by atoms with E-state index in [1.807, 2.05) is 6.07 Å². The van der Waals surface area contributed by atoms with Crippen molar-refractivity contribution >= 4 is 23.0 Å². The van der Waals surface area contributed by atoms with Crippen LogP contribution in [0.1, 0.15) is 34.0 Å². The quantitative estimate of drug-likeness (QED) is 0.798. The molecular weight excluding hydrogens is 298 g/mol. The Balaban J connectivity index is 1.76. The zero-order valence-corrected chi connectivity index (χ0v) is 13.5. The summed E-state index contributed by atoms with van der Waals surface area (Å²) < 4.78 is 5.40. The third kappa shape index (κ3) is 4.70. The van der Waals surface area contributed by atoms with Crippen LogP contribution in [0.5, 0.6) is 5.75 Å². The molecule has 1 aromatic carbocycles. The molecule has 5 heteroatoms. The topological polar surface area (TPSA) is 55.4 Å². The monoisotopic (exact) mass is 317 g/mol. The lowest BCUT2D eigenvalue weighted by Crippen LogP contribution is -2.28. The van der Waals surface area contributed by atoms with Gasteiger partial charge in [-0.25, -0.2) is 0 Å². The van der Waals surface area contributed by atoms with E-state index >= 15 is 0 Å². The molecule has 0 bridgehead atoms. The van der Waals surface area contributed by atoms with Gasteiger partial charge in [-0.15, -0.1) is 11.3 Å². The van der Waals surface area contributed by atoms with E-state index in [-0.39, 0.29) is 18.3 Å². The number of carbonyl (C=O) groups is 2. The van der Waals surface area contributed by atoms with Crippen molar-refractivity contribution in [2.75, 3.05) is 6.61 Å². The van der Waals surface area contributed by atoms with Crippen molar-refractivity contribution in [2.45, 2.75) is 26.8 Å². The predicted molar refractivity (Wildman–Crippen MR) is 87.5 cm³/mol. The summed E-state index contributed by atoms with van der Waals surface area (Å²) in [5.74, 6) is 0.415. The largest absolute Gasteiger partial charge is 0.484 e. The fourth-order valence-electron chi connectivity index (χ4n) is 1.88. The first-order valence-electron chi connectivity index (χ1n) is 7.16. The number of Topliss-reactive ketones (excluding diaryl/α,β-unsaturated/α-hetero) is 1. The maximum atomic E-state index is 11.8. The van der Waals surface area contributed by atoms with Crippen LogP contribution in [0.2, 0.25) is 0 Å². The van der Waals surface area contributed by atoms with Crippen LogP contribution in [0.15, 0.2) is 36.4 Å². The lowest BCUT2D eigenvalue weighted by molar-refractivity contribution is -0.123. The van der Waals surface area contributed by atoms with Gasteiger partial charge in [-0.1, -0.05) is 6.92 Å². The van der Waals surface area contributed by atoms with Gasteiger partial charge in [-0.2, -0.15) is 0 Å². The average molecular weight is 317 g/mol. The lowest BCUT2D eigenvalue weighted by Gasteiger charge is -2.07. The number of rotatable bonds is 7. The highest BCUT2D eigenvalue weighted by atomic mass is 32.1. The molecule has 0 aliphatic rings. The van der Waals surface area contributed by atoms with Crippen molar-refractivity contribution in [3.05, 3.63) is 51.7 Å². The maximum absolute atomic E-state index is 11.8. The number of benzene rings is 1. The van der Waals surface area contributed by atoms with Crippen molar-refractivity contribution in [3.63, 3.8) is 0 Å². The molecule has 0 saturated carbocycles. The number of ketones is 1. The smallest absolute Gasteiger partial charge is 0.258 e. The SMILES string of the molecule is CCc1ccc(CNC(=O)COc2ccc(C(C)=O)cc2)s1. The van der Waals surface area contributed by atoms with Gasteiger partial charge in [-0.05, 0) is 49.7 Å². The van der Waals surface area contributed by atoms with Crippen molar-refractivity contribution in [1.29, 1.82) is 0 Å². The van der Waals surface area contributed by atoms with Gasteiger partial charge < -0.3 is 10.1 Å². The van der Waals surface area contributed by atoms with Gasteiger partial charge in [0.25, 0.3) is 5.91 Å². The Morgan fingerprint density at radius 1 is 1.09 bits per heavy atom. The van der Waals surface area contributed by atoms with Crippen LogP contribution in [0.4, 0.5) is 0 Å². The molecule has 0 aliphatic heterocycles. The van der Waals surface area contributed by atoms with Gasteiger partial charge >= 0.3 is 0 Å². The lowest BCUT2D eigenvalue weighted by atomic mass is 10.1. The Morgan fingerprint density at radius 2 is 1.77 bits per heavy atom. The van der Waals surface area contributed by atoms with E-state index in [2.05, 4.69) is 18.3 Å². The van der Waals surface area contributed by atoms with Crippen LogP contribution in [0.3, 0.4) is 0 Å². The van der Waals surface area contributed by atoms with E-state index in [4.69, 9.17) is 4.74 Å². The van der Waals surface area contributed by atoms with Gasteiger partial charge in [0.05, 0.1) is 6.54 Å². The molecule has 0 unspecified atom stereocenters. The molecule has 1 aromatic heterocycles. The first-order valence-corrected chi connectivity index (χ1v) is 7.98. The highest BCUT2D eigenvalue weighted by Crippen LogP contribution is 2.16. The summed E-state index contributed by atoms with van der Waals surface area (Å²) in [6.45, 7) is 4.11. The summed E-state index contributed by atoms with van der Waals surface area (Å²) in [6.07, 6.45) is 1.01. The summed E-state index contributed by atoms with van der Waals surface area (Å²) in [4.78, 5) is 25.4. The van der Waals surface area contributed by atoms with Crippen molar-refractivity contribution < 1.29 is 14.3 Å². The molecule has 2 aromatic rings. The summed E-state index contributed by atoms with van der Waals surface area (Å²) >= 11 is 1.71. The van der Waals surface area contributed by atoms with E-state index in [0.29, 0.717) is 17.9 Å². The molecule has 0 radical (unpaired) electrons. The Hall–Kier alpha value is -2.14. The maximum Gasteiger partial charge on any atom is 0.258 e. The van der Waals surface area contributed by atoms with Crippen molar-refractivity contribution in [3.8, 4) is 5.75 Å². The Kier molecular flexibility index (Phi) is 5.72. The predicted octanol–water partition coefficient (Wildman–Crippen LogP) is 3.21. The second kappa shape index (κ2) is 7.75. The number of amides is 1. The number of ether oxygens (including phenoxy) is 1. The van der Waals surface area contributed by atoms with Crippen LogP contribution < -0.4 is 10.1 Å². The number of aryl methyl sites for hydroxylation is 1. The third-order valence-corrected chi connectivity index (χ3v) is 4.39. The third-order valence-electron chi connectivity index (χ3n) is 3.16. The van der Waals surface area contributed by atoms with Crippen LogP contribution >= 0.6 is 11.3 Å². The summed E-state index contributed by atoms with van der Waals surface area (Å²) in [7, 11) is 0. The van der Waals surface area contributed by atoms with E-state index in [0.717, 1.165) is 11.3 Å². The minimum absolute atomic E-state index is 0.00619. The zero-order valence-electron chi connectivity index (χ0n) is 12.7. The number of carbonyl (C=O) groups excluding carboxylic acids is 2. The normalized spacial score (nSPS) is 10.3. The molecule has 0 atom stereocenters. The zero-order chi connectivity index (χ0) is 15.9. The fourth-order valence-corrected chi connectivity index (χ4v) is 2.78. The highest BCUT2D eigenvalue weighted by molar-refractivity contribution is 7.11. The summed E-state index contributed by atoms with van der Waals surface area (Å²) in [6, 6.07) is 10.9. The molecule has 0 saturated heterocycles. The molecule has 0 spiro atoms. The first kappa shape index (κ1) is 16.2. The second-order valence-corrected chi connectivity index (χ2v) is 6.12. The first-order chi connectivity index (χ1) is 10.6. The van der Waals surface area contributed by atoms with Gasteiger partial charge in [0.15, 0.2) is 12.4 Å². The molecule has 1 heterocycles. The number of thiophene rings is 1. The van der Waals surface area contributed by atoms with Crippen molar-refractivity contribution in [1.82, 2.24) is 5.32 Å². The fraction of sp³-hybridized carbons (Fsp3) is 0.294. The Bertz CT molecular complexity index is 646. The van der Waals surface area contributed by atoms with Crippen molar-refractivity contribution in [2.24, 2.45) is 0 Å². The van der Waals surface area contributed by atoms with Crippen LogP contribution in [0, 0.1) is 0 Å². The Labute approximate surface area is 134 Å². The van der Waals surface area contributed by atoms with E-state index < -0.39 is 0 Å². The van der Waals surface area contributed by atoms with E-state index in [9.17, 15) is 9.59 Å². The van der Waals surface area contributed by atoms with Crippen LogP contribution in [-0.4, -0.2) is 18.3 Å². The minimum Gasteiger partial charge on any atom is -0.484 e. The molecule has 22 heavy (non-hydrogen) atoms. The van der Waals surface area contributed by atoms with Gasteiger partial charge in [0, 0.05) is 15.3 Å². The molecule has 0 fully saturated rings. The standard InChI is InChI=1S/C17H19NO3S/c1-3-15-8-9-16(22-15)10-18-17(20)11-21-14-6-4-13(5-7-14)12(2)19/h4-9H,3,10-11H2,1-2H3,(H,18,20). The molecule has 2 rings (SSSR count). The molecule has 4 nitrogen and oxygen atoms in total. The Morgan fingerprint density at radius 3 is 2.36 bits per heavy atom. The minimum atomic E-state index is -0.165. The molecule has 1 amide bonds. The van der Waals surface area contributed by atoms with Gasteiger partial charge in [0.2, 0.25) is 0 Å². The van der Waals surface area contributed by atoms with Gasteiger partial charge in [0.1, 0.15) is 5.75 Å². The highest BCUT2D eigenvalue weighted by Gasteiger charge is 2.05. The summed E-state index contributed by atoms with van der Waals surface area (Å²) in [5.41, 5.74) is 0.626. The number of hydrogen-bond donors (Lipinski definition) is 1. The van der Waals surface area contributed by atoms with Crippen LogP contribution in [0.25, 0.3) is 0 Å². The summed E-state index contributed by atoms with van der Waals surface area (Å²) in [5, 5.41) is 2.83. The van der Waals surface area contributed by atoms with Gasteiger partial charge in [-0.3, -0.25) is 9.59 Å². The van der Waals surface area contributed by atoms with E-state index in [1.165, 1.54) is 11.8 Å². The van der Waals surface area contributed by atoms with E-state index in [1.54, 1.807) is 35.6 Å². The second-order valence-electron chi connectivity index (χ2n) is 4.87. The van der Waals surface area contributed by atoms with Crippen LogP contribution in [-0.2, 0) is 17.8 Å². The molecular formula is C17H19NO3S. The molecule has 1 N–H and O–H groups in total. The average Bonchev–Trinajstić information content (AvgIpc) is 2.99. The molecule has 116 valence electrons. The number of hydrogen-bond acceptors (Lipinski definition) is 4.